The van der Waals surface area contributed by atoms with Gasteiger partial charge in [0.1, 0.15) is 0 Å². The van der Waals surface area contributed by atoms with Gasteiger partial charge in [-0.2, -0.15) is 0 Å². The number of halogens is 2. The van der Waals surface area contributed by atoms with Crippen LogP contribution in [0.4, 0.5) is 0 Å². The molecular weight excluding hydrogens is 559 g/mol. The lowest BCUT2D eigenvalue weighted by atomic mass is 9.67. The summed E-state index contributed by atoms with van der Waals surface area (Å²) < 4.78 is 0. The average molecular weight is 600 g/mol. The molecule has 0 atom stereocenters. The predicted molar refractivity (Wildman–Crippen MR) is 176 cm³/mol. The Kier molecular flexibility index (Phi) is 10.1. The Morgan fingerprint density at radius 1 is 0.762 bits per heavy atom. The molecule has 218 valence electrons. The molecule has 1 amide bonds. The van der Waals surface area contributed by atoms with Crippen LogP contribution < -0.4 is 5.32 Å². The van der Waals surface area contributed by atoms with E-state index in [9.17, 15) is 4.79 Å². The van der Waals surface area contributed by atoms with E-state index in [0.717, 1.165) is 55.4 Å². The maximum absolute atomic E-state index is 12.4. The molecule has 0 saturated carbocycles. The van der Waals surface area contributed by atoms with Crippen molar-refractivity contribution in [2.75, 3.05) is 26.2 Å². The van der Waals surface area contributed by atoms with E-state index in [4.69, 9.17) is 23.2 Å². The second kappa shape index (κ2) is 13.9. The quantitative estimate of drug-likeness (QED) is 0.175. The largest absolute Gasteiger partial charge is 0.355 e. The fourth-order valence-electron chi connectivity index (χ4n) is 6.60. The first-order valence-electron chi connectivity index (χ1n) is 15.1. The van der Waals surface area contributed by atoms with Gasteiger partial charge in [-0.3, -0.25) is 4.79 Å². The minimum absolute atomic E-state index is 0.0515. The Morgan fingerprint density at radius 2 is 1.26 bits per heavy atom. The van der Waals surface area contributed by atoms with E-state index in [-0.39, 0.29) is 16.7 Å². The monoisotopic (exact) mass is 598 g/mol. The summed E-state index contributed by atoms with van der Waals surface area (Å²) in [6, 6.07) is 38.2. The lowest BCUT2D eigenvalue weighted by Gasteiger charge is -2.44. The van der Waals surface area contributed by atoms with Gasteiger partial charge in [-0.25, -0.2) is 0 Å². The normalized spacial score (nSPS) is 15.3. The fraction of sp³-hybridized carbons (Fsp3) is 0.324. The molecule has 0 radical (unpaired) electrons. The van der Waals surface area contributed by atoms with Crippen LogP contribution in [0.15, 0.2) is 109 Å². The van der Waals surface area contributed by atoms with Crippen LogP contribution in [0.2, 0.25) is 10.0 Å². The Labute approximate surface area is 260 Å². The first kappa shape index (κ1) is 30.4. The number of rotatable bonds is 11. The highest BCUT2D eigenvalue weighted by Gasteiger charge is 2.39. The van der Waals surface area contributed by atoms with Gasteiger partial charge in [-0.15, -0.1) is 0 Å². The van der Waals surface area contributed by atoms with E-state index < -0.39 is 0 Å². The van der Waals surface area contributed by atoms with E-state index in [0.29, 0.717) is 13.0 Å². The first-order valence-corrected chi connectivity index (χ1v) is 15.8. The molecule has 42 heavy (non-hydrogen) atoms. The maximum atomic E-state index is 12.4. The van der Waals surface area contributed by atoms with E-state index >= 15 is 0 Å². The highest BCUT2D eigenvalue weighted by atomic mass is 35.5. The summed E-state index contributed by atoms with van der Waals surface area (Å²) >= 11 is 12.7. The number of hydrogen-bond acceptors (Lipinski definition) is 2. The van der Waals surface area contributed by atoms with Crippen molar-refractivity contribution in [2.45, 2.75) is 49.9 Å². The third-order valence-electron chi connectivity index (χ3n) is 9.04. The third-order valence-corrected chi connectivity index (χ3v) is 9.55. The molecule has 1 heterocycles. The number of carbonyl (C=O) groups excluding carboxylic acids is 1. The summed E-state index contributed by atoms with van der Waals surface area (Å²) in [5.74, 6) is 0.147. The van der Waals surface area contributed by atoms with Crippen molar-refractivity contribution < 1.29 is 4.79 Å². The van der Waals surface area contributed by atoms with Gasteiger partial charge in [0.15, 0.2) is 0 Å². The molecule has 1 aliphatic rings. The van der Waals surface area contributed by atoms with Crippen LogP contribution in [-0.4, -0.2) is 37.0 Å². The summed E-state index contributed by atoms with van der Waals surface area (Å²) in [5.41, 5.74) is 4.60. The van der Waals surface area contributed by atoms with Gasteiger partial charge in [0.2, 0.25) is 5.91 Å². The summed E-state index contributed by atoms with van der Waals surface area (Å²) in [4.78, 5) is 15.0. The van der Waals surface area contributed by atoms with Crippen molar-refractivity contribution in [3.8, 4) is 0 Å². The molecule has 0 aliphatic carbocycles. The fourth-order valence-corrected chi connectivity index (χ4v) is 6.85. The first-order chi connectivity index (χ1) is 20.4. The Bertz CT molecular complexity index is 1370. The van der Waals surface area contributed by atoms with Crippen molar-refractivity contribution in [3.63, 3.8) is 0 Å². The zero-order valence-corrected chi connectivity index (χ0v) is 25.9. The molecule has 0 bridgehead atoms. The highest BCUT2D eigenvalue weighted by Crippen LogP contribution is 2.44. The number of benzene rings is 4. The minimum Gasteiger partial charge on any atom is -0.355 e. The van der Waals surface area contributed by atoms with E-state index in [1.54, 1.807) is 0 Å². The van der Waals surface area contributed by atoms with Gasteiger partial charge in [0.05, 0.1) is 0 Å². The third kappa shape index (κ3) is 6.75. The Morgan fingerprint density at radius 3 is 1.79 bits per heavy atom. The minimum atomic E-state index is -0.363. The van der Waals surface area contributed by atoms with Crippen LogP contribution in [-0.2, 0) is 15.6 Å². The van der Waals surface area contributed by atoms with Crippen molar-refractivity contribution in [1.82, 2.24) is 10.2 Å². The number of nitrogens with one attached hydrogen (secondary N) is 1. The number of amides is 1. The molecule has 4 aromatic rings. The molecule has 1 N–H and O–H groups in total. The predicted octanol–water partition coefficient (Wildman–Crippen LogP) is 8.67. The SMILES string of the molecule is CCCC(=O)NCC1(c2ccccc2)CCN(CCC(c2ccccc2)(c2ccc(Cl)cc2)c2ccc(Cl)cc2)CC1. The van der Waals surface area contributed by atoms with Crippen molar-refractivity contribution in [3.05, 3.63) is 141 Å². The van der Waals surface area contributed by atoms with E-state index in [1.807, 2.05) is 24.3 Å². The molecule has 1 fully saturated rings. The number of nitrogens with zero attached hydrogens (tertiary/aromatic N) is 1. The van der Waals surface area contributed by atoms with Gasteiger partial charge in [-0.1, -0.05) is 115 Å². The number of hydrogen-bond donors (Lipinski definition) is 1. The maximum Gasteiger partial charge on any atom is 0.220 e. The Hall–Kier alpha value is -3.11. The molecule has 5 heteroatoms. The zero-order valence-electron chi connectivity index (χ0n) is 24.4. The molecular formula is C37H40Cl2N2O. The van der Waals surface area contributed by atoms with Crippen molar-refractivity contribution in [1.29, 1.82) is 0 Å². The zero-order chi connectivity index (χ0) is 29.4. The molecule has 0 spiro atoms. The van der Waals surface area contributed by atoms with Gasteiger partial charge in [0.25, 0.3) is 0 Å². The van der Waals surface area contributed by atoms with Gasteiger partial charge < -0.3 is 10.2 Å². The second-order valence-electron chi connectivity index (χ2n) is 11.5. The number of likely N-dealkylation sites (tertiary alicyclic amines) is 1. The summed E-state index contributed by atoms with van der Waals surface area (Å²) in [7, 11) is 0. The molecule has 3 nitrogen and oxygen atoms in total. The van der Waals surface area contributed by atoms with E-state index in [2.05, 4.69) is 102 Å². The number of piperidine rings is 1. The van der Waals surface area contributed by atoms with Crippen LogP contribution in [0.5, 0.6) is 0 Å². The molecule has 1 aliphatic heterocycles. The second-order valence-corrected chi connectivity index (χ2v) is 12.4. The van der Waals surface area contributed by atoms with E-state index in [1.165, 1.54) is 22.3 Å². The van der Waals surface area contributed by atoms with Crippen LogP contribution in [0, 0.1) is 0 Å². The average Bonchev–Trinajstić information content (AvgIpc) is 3.03. The van der Waals surface area contributed by atoms with Gasteiger partial charge >= 0.3 is 0 Å². The lowest BCUT2D eigenvalue weighted by Crippen LogP contribution is -2.49. The van der Waals surface area contributed by atoms with Gasteiger partial charge in [0, 0.05) is 33.8 Å². The van der Waals surface area contributed by atoms with Crippen LogP contribution in [0.25, 0.3) is 0 Å². The molecule has 4 aromatic carbocycles. The van der Waals surface area contributed by atoms with Crippen LogP contribution in [0.1, 0.15) is 61.3 Å². The van der Waals surface area contributed by atoms with Crippen LogP contribution in [0.3, 0.4) is 0 Å². The lowest BCUT2D eigenvalue weighted by molar-refractivity contribution is -0.121. The number of carbonyl (C=O) groups is 1. The molecule has 5 rings (SSSR count). The summed E-state index contributed by atoms with van der Waals surface area (Å²) in [5, 5.41) is 4.72. The standard InChI is InChI=1S/C37H40Cl2N2O/c1-2-9-35(42)40-28-36(29-10-5-3-6-11-29)22-25-41(26-23-36)27-24-37(30-12-7-4-8-13-30,31-14-18-33(38)19-15-31)32-16-20-34(39)21-17-32/h3-8,10-21H,2,9,22-28H2,1H3,(H,40,42). The smallest absolute Gasteiger partial charge is 0.220 e. The Balaban J connectivity index is 1.42. The molecule has 0 unspecified atom stereocenters. The van der Waals surface area contributed by atoms with Gasteiger partial charge in [-0.05, 0) is 91.8 Å². The topological polar surface area (TPSA) is 32.3 Å². The van der Waals surface area contributed by atoms with Crippen molar-refractivity contribution in [2.24, 2.45) is 0 Å². The summed E-state index contributed by atoms with van der Waals surface area (Å²) in [6.07, 6.45) is 4.36. The summed E-state index contributed by atoms with van der Waals surface area (Å²) in [6.45, 7) is 5.63. The molecule has 0 aromatic heterocycles. The molecule has 1 saturated heterocycles. The highest BCUT2D eigenvalue weighted by molar-refractivity contribution is 6.30. The van der Waals surface area contributed by atoms with Crippen molar-refractivity contribution >= 4 is 29.1 Å². The van der Waals surface area contributed by atoms with Crippen LogP contribution >= 0.6 is 23.2 Å².